The van der Waals surface area contributed by atoms with E-state index in [1.54, 1.807) is 48.5 Å². The summed E-state index contributed by atoms with van der Waals surface area (Å²) in [6.45, 7) is 1.83. The summed E-state index contributed by atoms with van der Waals surface area (Å²) in [5, 5.41) is 17.2. The Morgan fingerprint density at radius 3 is 2.18 bits per heavy atom. The minimum absolute atomic E-state index is 0.128. The van der Waals surface area contributed by atoms with Crippen molar-refractivity contribution in [2.45, 2.75) is 13.5 Å². The van der Waals surface area contributed by atoms with Crippen LogP contribution in [0.2, 0.25) is 5.02 Å². The predicted octanol–water partition coefficient (Wildman–Crippen LogP) is 3.76. The molecule has 142 valence electrons. The van der Waals surface area contributed by atoms with E-state index in [9.17, 15) is 9.59 Å². The molecule has 3 rings (SSSR count). The van der Waals surface area contributed by atoms with Gasteiger partial charge in [-0.15, -0.1) is 10.2 Å². The summed E-state index contributed by atoms with van der Waals surface area (Å²) < 4.78 is 0. The number of halogens is 1. The van der Waals surface area contributed by atoms with Crippen molar-refractivity contribution in [3.63, 3.8) is 0 Å². The molecule has 2 amide bonds. The maximum atomic E-state index is 12.2. The number of carbonyl (C=O) groups excluding carboxylic acids is 2. The molecule has 0 aliphatic carbocycles. The first kappa shape index (κ1) is 19.3. The highest BCUT2D eigenvalue weighted by molar-refractivity contribution is 6.30. The average Bonchev–Trinajstić information content (AvgIpc) is 2.69. The van der Waals surface area contributed by atoms with E-state index in [-0.39, 0.29) is 17.5 Å². The highest BCUT2D eigenvalue weighted by atomic mass is 35.5. The molecule has 0 saturated carbocycles. The molecule has 1 aromatic heterocycles. The van der Waals surface area contributed by atoms with Gasteiger partial charge in [0.15, 0.2) is 11.5 Å². The van der Waals surface area contributed by atoms with Crippen LogP contribution in [0.5, 0.6) is 0 Å². The molecule has 0 aliphatic rings. The predicted molar refractivity (Wildman–Crippen MR) is 109 cm³/mol. The Hall–Kier alpha value is -3.45. The molecule has 3 aromatic rings. The number of hydrogen-bond acceptors (Lipinski definition) is 5. The Balaban J connectivity index is 1.55. The number of amides is 2. The zero-order valence-corrected chi connectivity index (χ0v) is 15.8. The maximum Gasteiger partial charge on any atom is 0.272 e. The molecule has 0 saturated heterocycles. The van der Waals surface area contributed by atoms with Gasteiger partial charge in [0.1, 0.15) is 0 Å². The number of aromatic nitrogens is 2. The van der Waals surface area contributed by atoms with Crippen LogP contribution in [-0.4, -0.2) is 22.0 Å². The van der Waals surface area contributed by atoms with Crippen molar-refractivity contribution in [2.24, 2.45) is 0 Å². The van der Waals surface area contributed by atoms with Crippen molar-refractivity contribution < 1.29 is 9.59 Å². The Morgan fingerprint density at radius 1 is 0.893 bits per heavy atom. The highest BCUT2D eigenvalue weighted by Crippen LogP contribution is 2.17. The van der Waals surface area contributed by atoms with Crippen LogP contribution in [0.3, 0.4) is 0 Å². The summed E-state index contributed by atoms with van der Waals surface area (Å²) in [5.41, 5.74) is 2.65. The van der Waals surface area contributed by atoms with Gasteiger partial charge in [0.25, 0.3) is 5.91 Å². The first-order chi connectivity index (χ1) is 13.5. The van der Waals surface area contributed by atoms with Crippen molar-refractivity contribution in [1.82, 2.24) is 15.5 Å². The maximum absolute atomic E-state index is 12.2. The SMILES string of the molecule is CC(=O)Nc1ccc(Nc2ccc(C(=O)NCc3ccc(Cl)cc3)nn2)cc1. The third-order valence-electron chi connectivity index (χ3n) is 3.74. The number of nitrogens with one attached hydrogen (secondary N) is 3. The van der Waals surface area contributed by atoms with E-state index in [0.29, 0.717) is 23.1 Å². The fourth-order valence-corrected chi connectivity index (χ4v) is 2.51. The molecule has 2 aromatic carbocycles. The van der Waals surface area contributed by atoms with Crippen LogP contribution in [0.15, 0.2) is 60.7 Å². The number of benzene rings is 2. The van der Waals surface area contributed by atoms with Gasteiger partial charge < -0.3 is 16.0 Å². The van der Waals surface area contributed by atoms with Gasteiger partial charge in [0.05, 0.1) is 0 Å². The summed E-state index contributed by atoms with van der Waals surface area (Å²) in [4.78, 5) is 23.2. The number of anilines is 3. The Labute approximate surface area is 167 Å². The molecule has 3 N–H and O–H groups in total. The third-order valence-corrected chi connectivity index (χ3v) is 3.99. The Morgan fingerprint density at radius 2 is 1.57 bits per heavy atom. The van der Waals surface area contributed by atoms with E-state index in [2.05, 4.69) is 26.1 Å². The monoisotopic (exact) mass is 395 g/mol. The molecule has 0 aliphatic heterocycles. The van der Waals surface area contributed by atoms with Crippen LogP contribution in [0.4, 0.5) is 17.2 Å². The Kier molecular flexibility index (Phi) is 6.18. The molecule has 8 heteroatoms. The van der Waals surface area contributed by atoms with E-state index >= 15 is 0 Å². The van der Waals surface area contributed by atoms with Crippen molar-refractivity contribution in [2.75, 3.05) is 10.6 Å². The highest BCUT2D eigenvalue weighted by Gasteiger charge is 2.08. The second-order valence-corrected chi connectivity index (χ2v) is 6.43. The molecule has 0 fully saturated rings. The van der Waals surface area contributed by atoms with Gasteiger partial charge in [-0.05, 0) is 54.1 Å². The second kappa shape index (κ2) is 8.96. The molecule has 28 heavy (non-hydrogen) atoms. The zero-order chi connectivity index (χ0) is 19.9. The lowest BCUT2D eigenvalue weighted by Crippen LogP contribution is -2.24. The molecular weight excluding hydrogens is 378 g/mol. The fraction of sp³-hybridized carbons (Fsp3) is 0.100. The van der Waals surface area contributed by atoms with E-state index in [0.717, 1.165) is 11.3 Å². The number of rotatable bonds is 6. The topological polar surface area (TPSA) is 96.0 Å². The van der Waals surface area contributed by atoms with Crippen LogP contribution in [-0.2, 0) is 11.3 Å². The van der Waals surface area contributed by atoms with Crippen LogP contribution >= 0.6 is 11.6 Å². The van der Waals surface area contributed by atoms with Crippen molar-refractivity contribution in [3.05, 3.63) is 76.9 Å². The molecule has 0 spiro atoms. The normalized spacial score (nSPS) is 10.2. The smallest absolute Gasteiger partial charge is 0.272 e. The second-order valence-electron chi connectivity index (χ2n) is 6.00. The number of nitrogens with zero attached hydrogens (tertiary/aromatic N) is 2. The molecule has 0 radical (unpaired) electrons. The number of carbonyl (C=O) groups is 2. The first-order valence-corrected chi connectivity index (χ1v) is 8.88. The van der Waals surface area contributed by atoms with Gasteiger partial charge in [-0.1, -0.05) is 23.7 Å². The van der Waals surface area contributed by atoms with Crippen molar-refractivity contribution >= 4 is 40.6 Å². The molecule has 7 nitrogen and oxygen atoms in total. The van der Waals surface area contributed by atoms with Crippen molar-refractivity contribution in [3.8, 4) is 0 Å². The lowest BCUT2D eigenvalue weighted by Gasteiger charge is -2.08. The zero-order valence-electron chi connectivity index (χ0n) is 15.1. The lowest BCUT2D eigenvalue weighted by molar-refractivity contribution is -0.114. The van der Waals surface area contributed by atoms with Gasteiger partial charge in [0.2, 0.25) is 5.91 Å². The molecular formula is C20H18ClN5O2. The van der Waals surface area contributed by atoms with Crippen LogP contribution < -0.4 is 16.0 Å². The van der Waals surface area contributed by atoms with E-state index in [1.807, 2.05) is 12.1 Å². The summed E-state index contributed by atoms with van der Waals surface area (Å²) in [6, 6.07) is 17.7. The van der Waals surface area contributed by atoms with Gasteiger partial charge in [-0.3, -0.25) is 9.59 Å². The molecule has 0 atom stereocenters. The standard InChI is InChI=1S/C20H18ClN5O2/c1-13(27)23-16-6-8-17(9-7-16)24-19-11-10-18(25-26-19)20(28)22-12-14-2-4-15(21)5-3-14/h2-11H,12H2,1H3,(H,22,28)(H,23,27)(H,24,26). The number of hydrogen-bond donors (Lipinski definition) is 3. The lowest BCUT2D eigenvalue weighted by atomic mass is 10.2. The summed E-state index contributed by atoms with van der Waals surface area (Å²) in [7, 11) is 0. The minimum atomic E-state index is -0.311. The average molecular weight is 396 g/mol. The molecule has 0 unspecified atom stereocenters. The molecule has 0 bridgehead atoms. The summed E-state index contributed by atoms with van der Waals surface area (Å²) in [5.74, 6) is 0.0618. The minimum Gasteiger partial charge on any atom is -0.347 e. The molecule has 1 heterocycles. The van der Waals surface area contributed by atoms with E-state index < -0.39 is 0 Å². The van der Waals surface area contributed by atoms with Gasteiger partial charge in [-0.2, -0.15) is 0 Å². The van der Waals surface area contributed by atoms with E-state index in [4.69, 9.17) is 11.6 Å². The summed E-state index contributed by atoms with van der Waals surface area (Å²) >= 11 is 5.84. The van der Waals surface area contributed by atoms with Gasteiger partial charge in [0, 0.05) is 29.9 Å². The van der Waals surface area contributed by atoms with E-state index in [1.165, 1.54) is 6.92 Å². The third kappa shape index (κ3) is 5.52. The van der Waals surface area contributed by atoms with Crippen molar-refractivity contribution in [1.29, 1.82) is 0 Å². The van der Waals surface area contributed by atoms with Gasteiger partial charge in [-0.25, -0.2) is 0 Å². The van der Waals surface area contributed by atoms with Crippen LogP contribution in [0.1, 0.15) is 23.0 Å². The Bertz CT molecular complexity index is 957. The van der Waals surface area contributed by atoms with Crippen LogP contribution in [0.25, 0.3) is 0 Å². The fourth-order valence-electron chi connectivity index (χ4n) is 2.38. The largest absolute Gasteiger partial charge is 0.347 e. The van der Waals surface area contributed by atoms with Gasteiger partial charge >= 0.3 is 0 Å². The summed E-state index contributed by atoms with van der Waals surface area (Å²) in [6.07, 6.45) is 0. The van der Waals surface area contributed by atoms with Crippen LogP contribution in [0, 0.1) is 0 Å². The quantitative estimate of drug-likeness (QED) is 0.590. The first-order valence-electron chi connectivity index (χ1n) is 8.50.